The van der Waals surface area contributed by atoms with Crippen molar-refractivity contribution in [3.63, 3.8) is 0 Å². The van der Waals surface area contributed by atoms with Gasteiger partial charge in [-0.1, -0.05) is 11.6 Å². The van der Waals surface area contributed by atoms with E-state index in [2.05, 4.69) is 10.6 Å². The molecule has 0 aliphatic heterocycles. The number of methoxy groups -OCH3 is 2. The van der Waals surface area contributed by atoms with Crippen LogP contribution in [0.2, 0.25) is 5.02 Å². The minimum atomic E-state index is 0.573. The Morgan fingerprint density at radius 2 is 1.94 bits per heavy atom. The second-order valence-electron chi connectivity index (χ2n) is 3.95. The molecule has 1 aromatic rings. The van der Waals surface area contributed by atoms with Gasteiger partial charge in [-0.2, -0.15) is 0 Å². The Hall–Kier alpha value is -0.970. The summed E-state index contributed by atoms with van der Waals surface area (Å²) in [5, 5.41) is 7.04. The van der Waals surface area contributed by atoms with Gasteiger partial charge in [0, 0.05) is 6.54 Å². The first kappa shape index (κ1) is 15.1. The van der Waals surface area contributed by atoms with Crippen LogP contribution in [0.4, 0.5) is 0 Å². The van der Waals surface area contributed by atoms with Crippen molar-refractivity contribution in [1.29, 1.82) is 0 Å². The largest absolute Gasteiger partial charge is 0.493 e. The molecule has 2 N–H and O–H groups in total. The van der Waals surface area contributed by atoms with Crippen LogP contribution in [-0.4, -0.2) is 34.4 Å². The zero-order valence-corrected chi connectivity index (χ0v) is 11.9. The predicted molar refractivity (Wildman–Crippen MR) is 74.8 cm³/mol. The Labute approximate surface area is 114 Å². The van der Waals surface area contributed by atoms with E-state index in [0.717, 1.165) is 31.6 Å². The van der Waals surface area contributed by atoms with Crippen LogP contribution in [0.1, 0.15) is 12.0 Å². The highest BCUT2D eigenvalue weighted by Crippen LogP contribution is 2.35. The van der Waals surface area contributed by atoms with Crippen molar-refractivity contribution < 1.29 is 9.47 Å². The fourth-order valence-corrected chi connectivity index (χ4v) is 2.01. The van der Waals surface area contributed by atoms with E-state index in [1.807, 2.05) is 19.2 Å². The molecule has 0 radical (unpaired) electrons. The zero-order chi connectivity index (χ0) is 13.4. The summed E-state index contributed by atoms with van der Waals surface area (Å²) < 4.78 is 10.4. The van der Waals surface area contributed by atoms with Gasteiger partial charge in [0.2, 0.25) is 0 Å². The second-order valence-corrected chi connectivity index (χ2v) is 4.35. The van der Waals surface area contributed by atoms with Crippen molar-refractivity contribution in [2.24, 2.45) is 0 Å². The van der Waals surface area contributed by atoms with E-state index in [-0.39, 0.29) is 0 Å². The van der Waals surface area contributed by atoms with Gasteiger partial charge in [0.25, 0.3) is 0 Å². The Balaban J connectivity index is 2.58. The normalized spacial score (nSPS) is 10.4. The average Bonchev–Trinajstić information content (AvgIpc) is 2.37. The third-order valence-electron chi connectivity index (χ3n) is 2.60. The summed E-state index contributed by atoms with van der Waals surface area (Å²) >= 11 is 6.13. The second kappa shape index (κ2) is 8.19. The Kier molecular flexibility index (Phi) is 6.86. The lowest BCUT2D eigenvalue weighted by molar-refractivity contribution is 0.354. The van der Waals surface area contributed by atoms with Crippen LogP contribution in [0.5, 0.6) is 11.5 Å². The molecule has 0 aliphatic carbocycles. The van der Waals surface area contributed by atoms with Gasteiger partial charge < -0.3 is 20.1 Å². The SMILES string of the molecule is CNCCCNCc1cc(Cl)c(OC)c(OC)c1. The highest BCUT2D eigenvalue weighted by molar-refractivity contribution is 6.32. The van der Waals surface area contributed by atoms with Gasteiger partial charge in [-0.3, -0.25) is 0 Å². The predicted octanol–water partition coefficient (Wildman–Crippen LogP) is 2.06. The van der Waals surface area contributed by atoms with Crippen molar-refractivity contribution in [2.75, 3.05) is 34.4 Å². The monoisotopic (exact) mass is 272 g/mol. The zero-order valence-electron chi connectivity index (χ0n) is 11.2. The molecule has 0 amide bonds. The molecule has 0 aliphatic rings. The molecular weight excluding hydrogens is 252 g/mol. The minimum Gasteiger partial charge on any atom is -0.493 e. The maximum atomic E-state index is 6.13. The van der Waals surface area contributed by atoms with Gasteiger partial charge >= 0.3 is 0 Å². The molecule has 5 heteroatoms. The summed E-state index contributed by atoms with van der Waals surface area (Å²) in [6.07, 6.45) is 1.09. The third-order valence-corrected chi connectivity index (χ3v) is 2.88. The third kappa shape index (κ3) is 4.37. The first-order chi connectivity index (χ1) is 8.72. The van der Waals surface area contributed by atoms with Gasteiger partial charge in [0.1, 0.15) is 0 Å². The maximum Gasteiger partial charge on any atom is 0.179 e. The lowest BCUT2D eigenvalue weighted by atomic mass is 10.2. The van der Waals surface area contributed by atoms with Crippen LogP contribution in [0.3, 0.4) is 0 Å². The number of halogens is 1. The average molecular weight is 273 g/mol. The molecular formula is C13H21ClN2O2. The highest BCUT2D eigenvalue weighted by Gasteiger charge is 2.10. The maximum absolute atomic E-state index is 6.13. The van der Waals surface area contributed by atoms with Gasteiger partial charge in [0.15, 0.2) is 11.5 Å². The van der Waals surface area contributed by atoms with E-state index in [1.165, 1.54) is 0 Å². The molecule has 0 saturated heterocycles. The first-order valence-corrected chi connectivity index (χ1v) is 6.36. The van der Waals surface area contributed by atoms with Crippen molar-refractivity contribution in [3.8, 4) is 11.5 Å². The smallest absolute Gasteiger partial charge is 0.179 e. The van der Waals surface area contributed by atoms with E-state index < -0.39 is 0 Å². The lowest BCUT2D eigenvalue weighted by Gasteiger charge is -2.12. The van der Waals surface area contributed by atoms with E-state index in [0.29, 0.717) is 16.5 Å². The fourth-order valence-electron chi connectivity index (χ4n) is 1.70. The van der Waals surface area contributed by atoms with E-state index >= 15 is 0 Å². The Bertz CT molecular complexity index is 372. The van der Waals surface area contributed by atoms with Gasteiger partial charge in [0.05, 0.1) is 19.2 Å². The summed E-state index contributed by atoms with van der Waals surface area (Å²) in [6, 6.07) is 3.84. The summed E-state index contributed by atoms with van der Waals surface area (Å²) in [5.74, 6) is 1.25. The van der Waals surface area contributed by atoms with Gasteiger partial charge in [-0.05, 0) is 44.3 Å². The van der Waals surface area contributed by atoms with Crippen molar-refractivity contribution >= 4 is 11.6 Å². The molecule has 102 valence electrons. The Morgan fingerprint density at radius 1 is 1.17 bits per heavy atom. The lowest BCUT2D eigenvalue weighted by Crippen LogP contribution is -2.19. The molecule has 0 bridgehead atoms. The highest BCUT2D eigenvalue weighted by atomic mass is 35.5. The van der Waals surface area contributed by atoms with Crippen LogP contribution in [0, 0.1) is 0 Å². The summed E-state index contributed by atoms with van der Waals surface area (Å²) in [7, 11) is 5.14. The number of hydrogen-bond donors (Lipinski definition) is 2. The van der Waals surface area contributed by atoms with Crippen molar-refractivity contribution in [3.05, 3.63) is 22.7 Å². The minimum absolute atomic E-state index is 0.573. The molecule has 0 fully saturated rings. The van der Waals surface area contributed by atoms with Gasteiger partial charge in [-0.25, -0.2) is 0 Å². The topological polar surface area (TPSA) is 42.5 Å². The standard InChI is InChI=1S/C13H21ClN2O2/c1-15-5-4-6-16-9-10-7-11(14)13(18-3)12(8-10)17-2/h7-8,15-16H,4-6,9H2,1-3H3. The summed E-state index contributed by atoms with van der Waals surface area (Å²) in [6.45, 7) is 2.75. The van der Waals surface area contributed by atoms with E-state index in [1.54, 1.807) is 14.2 Å². The van der Waals surface area contributed by atoms with E-state index in [4.69, 9.17) is 21.1 Å². The number of nitrogens with one attached hydrogen (secondary N) is 2. The quantitative estimate of drug-likeness (QED) is 0.711. The Morgan fingerprint density at radius 3 is 2.56 bits per heavy atom. The van der Waals surface area contributed by atoms with Gasteiger partial charge in [-0.15, -0.1) is 0 Å². The molecule has 0 atom stereocenters. The van der Waals surface area contributed by atoms with Crippen LogP contribution in [0.15, 0.2) is 12.1 Å². The number of benzene rings is 1. The van der Waals surface area contributed by atoms with Crippen LogP contribution >= 0.6 is 11.6 Å². The van der Waals surface area contributed by atoms with Crippen LogP contribution in [-0.2, 0) is 6.54 Å². The number of hydrogen-bond acceptors (Lipinski definition) is 4. The number of rotatable bonds is 8. The molecule has 1 rings (SSSR count). The molecule has 4 nitrogen and oxygen atoms in total. The van der Waals surface area contributed by atoms with Crippen LogP contribution in [0.25, 0.3) is 0 Å². The van der Waals surface area contributed by atoms with Crippen molar-refractivity contribution in [2.45, 2.75) is 13.0 Å². The molecule has 0 heterocycles. The summed E-state index contributed by atoms with van der Waals surface area (Å²) in [4.78, 5) is 0. The van der Waals surface area contributed by atoms with E-state index in [9.17, 15) is 0 Å². The molecule has 0 aromatic heterocycles. The van der Waals surface area contributed by atoms with Crippen molar-refractivity contribution in [1.82, 2.24) is 10.6 Å². The molecule has 0 saturated carbocycles. The number of ether oxygens (including phenoxy) is 2. The molecule has 1 aromatic carbocycles. The molecule has 0 unspecified atom stereocenters. The molecule has 18 heavy (non-hydrogen) atoms. The first-order valence-electron chi connectivity index (χ1n) is 5.98. The van der Waals surface area contributed by atoms with Crippen LogP contribution < -0.4 is 20.1 Å². The fraction of sp³-hybridized carbons (Fsp3) is 0.538. The molecule has 0 spiro atoms. The summed E-state index contributed by atoms with van der Waals surface area (Å²) in [5.41, 5.74) is 1.09.